The first kappa shape index (κ1) is 17.8. The number of phenols is 1. The standard InChI is InChI=1S/C19H23N5O2S/c1-2-23-18(17-4-3-13-26-17)20-24(19(23)27)14-21-9-11-22(12-10-21)15-5-7-16(25)8-6-15/h3-8,13,25H,2,9-12,14H2,1H3/p+1. The number of aromatic nitrogens is 3. The summed E-state index contributed by atoms with van der Waals surface area (Å²) in [5.41, 5.74) is 1.15. The summed E-state index contributed by atoms with van der Waals surface area (Å²) >= 11 is 5.64. The van der Waals surface area contributed by atoms with Crippen molar-refractivity contribution in [3.8, 4) is 17.3 Å². The number of hydrogen-bond donors (Lipinski definition) is 2. The molecule has 0 amide bonds. The Hall–Kier alpha value is -2.58. The SMILES string of the molecule is CCn1c(-c2ccco2)nn(C[NH+]2CCN(c3ccc(O)cc3)CC2)c1=S. The van der Waals surface area contributed by atoms with Gasteiger partial charge in [-0.05, 0) is 55.5 Å². The summed E-state index contributed by atoms with van der Waals surface area (Å²) in [6.45, 7) is 7.54. The van der Waals surface area contributed by atoms with E-state index in [9.17, 15) is 5.11 Å². The lowest BCUT2D eigenvalue weighted by atomic mass is 10.2. The average Bonchev–Trinajstić information content (AvgIpc) is 3.32. The molecule has 2 aromatic heterocycles. The number of hydrogen-bond acceptors (Lipinski definition) is 5. The van der Waals surface area contributed by atoms with Crippen molar-refractivity contribution in [2.24, 2.45) is 0 Å². The van der Waals surface area contributed by atoms with E-state index >= 15 is 0 Å². The van der Waals surface area contributed by atoms with Crippen LogP contribution in [-0.2, 0) is 13.2 Å². The molecular formula is C19H24N5O2S+. The minimum Gasteiger partial charge on any atom is -0.508 e. The van der Waals surface area contributed by atoms with E-state index in [0.717, 1.165) is 61.4 Å². The Morgan fingerprint density at radius 1 is 1.19 bits per heavy atom. The molecule has 4 rings (SSSR count). The number of nitrogens with zero attached hydrogens (tertiary/aromatic N) is 4. The molecule has 2 N–H and O–H groups in total. The molecule has 1 saturated heterocycles. The van der Waals surface area contributed by atoms with Gasteiger partial charge in [0.15, 0.2) is 18.3 Å². The zero-order chi connectivity index (χ0) is 18.8. The molecule has 0 bridgehead atoms. The summed E-state index contributed by atoms with van der Waals surface area (Å²) in [6, 6.07) is 11.2. The molecule has 142 valence electrons. The van der Waals surface area contributed by atoms with Crippen LogP contribution in [0.25, 0.3) is 11.6 Å². The highest BCUT2D eigenvalue weighted by Crippen LogP contribution is 2.19. The zero-order valence-electron chi connectivity index (χ0n) is 15.3. The molecule has 0 atom stereocenters. The summed E-state index contributed by atoms with van der Waals surface area (Å²) < 4.78 is 10.2. The molecule has 1 aromatic carbocycles. The van der Waals surface area contributed by atoms with E-state index in [0.29, 0.717) is 5.75 Å². The Bertz CT molecular complexity index is 938. The minimum absolute atomic E-state index is 0.302. The maximum Gasteiger partial charge on any atom is 0.203 e. The van der Waals surface area contributed by atoms with E-state index < -0.39 is 0 Å². The zero-order valence-corrected chi connectivity index (χ0v) is 16.2. The first-order chi connectivity index (χ1) is 13.2. The summed E-state index contributed by atoms with van der Waals surface area (Å²) in [5.74, 6) is 1.83. The van der Waals surface area contributed by atoms with Crippen LogP contribution < -0.4 is 9.80 Å². The van der Waals surface area contributed by atoms with Gasteiger partial charge in [-0.1, -0.05) is 0 Å². The van der Waals surface area contributed by atoms with Crippen molar-refractivity contribution in [1.82, 2.24) is 14.3 Å². The molecule has 0 radical (unpaired) electrons. The van der Waals surface area contributed by atoms with Crippen molar-refractivity contribution in [2.75, 3.05) is 31.1 Å². The molecule has 1 fully saturated rings. The predicted octanol–water partition coefficient (Wildman–Crippen LogP) is 1.76. The molecule has 7 nitrogen and oxygen atoms in total. The van der Waals surface area contributed by atoms with Crippen LogP contribution in [0.3, 0.4) is 0 Å². The third-order valence-electron chi connectivity index (χ3n) is 5.04. The molecule has 3 heterocycles. The fourth-order valence-corrected chi connectivity index (χ4v) is 3.85. The molecule has 1 aliphatic rings. The van der Waals surface area contributed by atoms with Gasteiger partial charge in [0.25, 0.3) is 0 Å². The second kappa shape index (κ2) is 7.58. The molecule has 27 heavy (non-hydrogen) atoms. The van der Waals surface area contributed by atoms with E-state index in [-0.39, 0.29) is 0 Å². The van der Waals surface area contributed by atoms with Gasteiger partial charge in [0.2, 0.25) is 4.77 Å². The topological polar surface area (TPSA) is 63.8 Å². The van der Waals surface area contributed by atoms with E-state index in [1.165, 1.54) is 4.90 Å². The largest absolute Gasteiger partial charge is 0.508 e. The maximum absolute atomic E-state index is 9.45. The van der Waals surface area contributed by atoms with Gasteiger partial charge in [-0.15, -0.1) is 5.10 Å². The number of aromatic hydroxyl groups is 1. The van der Waals surface area contributed by atoms with Crippen molar-refractivity contribution in [3.63, 3.8) is 0 Å². The van der Waals surface area contributed by atoms with Gasteiger partial charge < -0.3 is 19.3 Å². The van der Waals surface area contributed by atoms with Crippen molar-refractivity contribution in [1.29, 1.82) is 0 Å². The third kappa shape index (κ3) is 3.63. The van der Waals surface area contributed by atoms with Crippen molar-refractivity contribution >= 4 is 17.9 Å². The van der Waals surface area contributed by atoms with Gasteiger partial charge in [-0.3, -0.25) is 4.57 Å². The highest BCUT2D eigenvalue weighted by atomic mass is 32.1. The van der Waals surface area contributed by atoms with Gasteiger partial charge in [0, 0.05) is 12.2 Å². The summed E-state index contributed by atoms with van der Waals surface area (Å²) in [6.07, 6.45) is 1.66. The van der Waals surface area contributed by atoms with Gasteiger partial charge in [0.1, 0.15) is 5.75 Å². The number of benzene rings is 1. The van der Waals surface area contributed by atoms with Gasteiger partial charge in [-0.25, -0.2) is 0 Å². The van der Waals surface area contributed by atoms with Gasteiger partial charge in [-0.2, -0.15) is 4.68 Å². The van der Waals surface area contributed by atoms with Crippen molar-refractivity contribution < 1.29 is 14.4 Å². The van der Waals surface area contributed by atoms with Crippen LogP contribution in [0.5, 0.6) is 5.75 Å². The van der Waals surface area contributed by atoms with Crippen molar-refractivity contribution in [3.05, 3.63) is 47.4 Å². The summed E-state index contributed by atoms with van der Waals surface area (Å²) in [5, 5.41) is 14.2. The van der Waals surface area contributed by atoms with Crippen LogP contribution in [0.1, 0.15) is 6.92 Å². The monoisotopic (exact) mass is 386 g/mol. The first-order valence-corrected chi connectivity index (χ1v) is 9.65. The van der Waals surface area contributed by atoms with Crippen LogP contribution in [0.2, 0.25) is 0 Å². The van der Waals surface area contributed by atoms with Gasteiger partial charge in [0.05, 0.1) is 32.4 Å². The average molecular weight is 387 g/mol. The number of rotatable bonds is 5. The fraction of sp³-hybridized carbons (Fsp3) is 0.368. The molecule has 3 aromatic rings. The Balaban J connectivity index is 1.45. The minimum atomic E-state index is 0.302. The highest BCUT2D eigenvalue weighted by molar-refractivity contribution is 7.71. The lowest BCUT2D eigenvalue weighted by molar-refractivity contribution is -0.924. The van der Waals surface area contributed by atoms with E-state index in [1.54, 1.807) is 18.4 Å². The molecule has 0 aliphatic carbocycles. The molecule has 0 unspecified atom stereocenters. The second-order valence-electron chi connectivity index (χ2n) is 6.74. The smallest absolute Gasteiger partial charge is 0.203 e. The predicted molar refractivity (Wildman–Crippen MR) is 105 cm³/mol. The molecule has 0 saturated carbocycles. The number of anilines is 1. The number of nitrogens with one attached hydrogen (secondary N) is 1. The molecule has 8 heteroatoms. The summed E-state index contributed by atoms with van der Waals surface area (Å²) in [7, 11) is 0. The molecule has 1 aliphatic heterocycles. The lowest BCUT2D eigenvalue weighted by Crippen LogP contribution is -3.14. The van der Waals surface area contributed by atoms with Crippen molar-refractivity contribution in [2.45, 2.75) is 20.1 Å². The number of piperazine rings is 1. The first-order valence-electron chi connectivity index (χ1n) is 9.24. The third-order valence-corrected chi connectivity index (χ3v) is 5.47. The van der Waals surface area contributed by atoms with Crippen LogP contribution in [-0.4, -0.2) is 45.6 Å². The molecule has 0 spiro atoms. The number of phenolic OH excluding ortho intramolecular Hbond substituents is 1. The Kier molecular flexibility index (Phi) is 5.00. The van der Waals surface area contributed by atoms with E-state index in [1.807, 2.05) is 33.5 Å². The van der Waals surface area contributed by atoms with Crippen LogP contribution in [0, 0.1) is 4.77 Å². The quantitative estimate of drug-likeness (QED) is 0.655. The number of furan rings is 1. The normalized spacial score (nSPS) is 15.4. The van der Waals surface area contributed by atoms with Crippen LogP contribution in [0.4, 0.5) is 5.69 Å². The van der Waals surface area contributed by atoms with Gasteiger partial charge >= 0.3 is 0 Å². The Labute approximate surface area is 163 Å². The van der Waals surface area contributed by atoms with E-state index in [4.69, 9.17) is 21.7 Å². The maximum atomic E-state index is 9.45. The van der Waals surface area contributed by atoms with E-state index in [2.05, 4.69) is 11.8 Å². The highest BCUT2D eigenvalue weighted by Gasteiger charge is 2.22. The lowest BCUT2D eigenvalue weighted by Gasteiger charge is -2.33. The van der Waals surface area contributed by atoms with Crippen LogP contribution >= 0.6 is 12.2 Å². The fourth-order valence-electron chi connectivity index (χ4n) is 3.53. The molecular weight excluding hydrogens is 362 g/mol. The van der Waals surface area contributed by atoms with Crippen LogP contribution in [0.15, 0.2) is 47.1 Å². The summed E-state index contributed by atoms with van der Waals surface area (Å²) in [4.78, 5) is 3.80. The second-order valence-corrected chi connectivity index (χ2v) is 7.10. The Morgan fingerprint density at radius 2 is 1.93 bits per heavy atom. The number of quaternary nitrogens is 1. The Morgan fingerprint density at radius 3 is 2.56 bits per heavy atom.